The summed E-state index contributed by atoms with van der Waals surface area (Å²) >= 11 is 0. The topological polar surface area (TPSA) is 71.2 Å². The van der Waals surface area contributed by atoms with Crippen LogP contribution in [0.2, 0.25) is 0 Å². The Balaban J connectivity index is 1.63. The van der Waals surface area contributed by atoms with E-state index in [1.165, 1.54) is 0 Å². The van der Waals surface area contributed by atoms with Crippen LogP contribution in [0.5, 0.6) is 0 Å². The number of hydrogen-bond donors (Lipinski definition) is 2. The maximum Gasteiger partial charge on any atom is 0.251 e. The van der Waals surface area contributed by atoms with Crippen LogP contribution in [0.4, 0.5) is 0 Å². The third kappa shape index (κ3) is 3.20. The van der Waals surface area contributed by atoms with Crippen LogP contribution in [0.25, 0.3) is 10.9 Å². The van der Waals surface area contributed by atoms with Gasteiger partial charge in [0.15, 0.2) is 0 Å². The van der Waals surface area contributed by atoms with E-state index >= 15 is 0 Å². The van der Waals surface area contributed by atoms with E-state index in [4.69, 9.17) is 4.74 Å². The largest absolute Gasteiger partial charge is 0.368 e. The van der Waals surface area contributed by atoms with Gasteiger partial charge >= 0.3 is 0 Å². The average Bonchev–Trinajstić information content (AvgIpc) is 3.03. The van der Waals surface area contributed by atoms with Crippen LogP contribution in [0.3, 0.4) is 0 Å². The fourth-order valence-electron chi connectivity index (χ4n) is 2.75. The Morgan fingerprint density at radius 3 is 3.05 bits per heavy atom. The van der Waals surface area contributed by atoms with Crippen molar-refractivity contribution in [2.24, 2.45) is 0 Å². The molecule has 0 saturated carbocycles. The SMILES string of the molecule is Cc1cc2cc(CCNC(=O)C3CCCO3)ccc2[nH]c1=O. The third-order valence-electron chi connectivity index (χ3n) is 4.03. The van der Waals surface area contributed by atoms with Crippen LogP contribution in [-0.2, 0) is 16.0 Å². The third-order valence-corrected chi connectivity index (χ3v) is 4.03. The van der Waals surface area contributed by atoms with Crippen LogP contribution < -0.4 is 10.9 Å². The smallest absolute Gasteiger partial charge is 0.251 e. The minimum atomic E-state index is -0.274. The van der Waals surface area contributed by atoms with Gasteiger partial charge in [0.1, 0.15) is 6.10 Å². The number of aromatic nitrogens is 1. The Morgan fingerprint density at radius 1 is 1.41 bits per heavy atom. The molecule has 116 valence electrons. The second-order valence-electron chi connectivity index (χ2n) is 5.75. The Bertz CT molecular complexity index is 745. The van der Waals surface area contributed by atoms with Crippen LogP contribution in [0.1, 0.15) is 24.0 Å². The maximum absolute atomic E-state index is 11.9. The zero-order valence-corrected chi connectivity index (χ0v) is 12.6. The number of fused-ring (bicyclic) bond motifs is 1. The van der Waals surface area contributed by atoms with Crippen molar-refractivity contribution in [2.45, 2.75) is 32.3 Å². The molecular weight excluding hydrogens is 280 g/mol. The molecule has 1 fully saturated rings. The van der Waals surface area contributed by atoms with Crippen molar-refractivity contribution in [3.63, 3.8) is 0 Å². The monoisotopic (exact) mass is 300 g/mol. The summed E-state index contributed by atoms with van der Waals surface area (Å²) in [6, 6.07) is 7.83. The highest BCUT2D eigenvalue weighted by atomic mass is 16.5. The molecule has 1 atom stereocenters. The van der Waals surface area contributed by atoms with Gasteiger partial charge in [0, 0.05) is 24.2 Å². The summed E-state index contributed by atoms with van der Waals surface area (Å²) in [5.74, 6) is -0.0153. The zero-order chi connectivity index (χ0) is 15.5. The highest BCUT2D eigenvalue weighted by Crippen LogP contribution is 2.14. The molecule has 3 rings (SSSR count). The highest BCUT2D eigenvalue weighted by Gasteiger charge is 2.22. The van der Waals surface area contributed by atoms with Crippen molar-refractivity contribution in [1.29, 1.82) is 0 Å². The van der Waals surface area contributed by atoms with Crippen molar-refractivity contribution < 1.29 is 9.53 Å². The molecule has 1 aliphatic rings. The zero-order valence-electron chi connectivity index (χ0n) is 12.6. The van der Waals surface area contributed by atoms with E-state index in [1.54, 1.807) is 6.92 Å². The Hall–Kier alpha value is -2.14. The predicted molar refractivity (Wildman–Crippen MR) is 85.0 cm³/mol. The number of aromatic amines is 1. The fourth-order valence-corrected chi connectivity index (χ4v) is 2.75. The van der Waals surface area contributed by atoms with Gasteiger partial charge < -0.3 is 15.0 Å². The van der Waals surface area contributed by atoms with Gasteiger partial charge in [0.25, 0.3) is 5.56 Å². The lowest BCUT2D eigenvalue weighted by Crippen LogP contribution is -2.35. The molecule has 22 heavy (non-hydrogen) atoms. The number of hydrogen-bond acceptors (Lipinski definition) is 3. The molecule has 1 saturated heterocycles. The summed E-state index contributed by atoms with van der Waals surface area (Å²) in [7, 11) is 0. The number of nitrogens with one attached hydrogen (secondary N) is 2. The number of amides is 1. The molecule has 0 spiro atoms. The first-order valence-electron chi connectivity index (χ1n) is 7.65. The van der Waals surface area contributed by atoms with E-state index in [1.807, 2.05) is 18.2 Å². The molecule has 5 nitrogen and oxygen atoms in total. The molecule has 0 radical (unpaired) electrons. The maximum atomic E-state index is 11.9. The Kier molecular flexibility index (Phi) is 4.24. The van der Waals surface area contributed by atoms with Gasteiger partial charge in [-0.3, -0.25) is 9.59 Å². The lowest BCUT2D eigenvalue weighted by atomic mass is 10.1. The number of ether oxygens (including phenoxy) is 1. The molecule has 1 aliphatic heterocycles. The van der Waals surface area contributed by atoms with Gasteiger partial charge in [-0.2, -0.15) is 0 Å². The summed E-state index contributed by atoms with van der Waals surface area (Å²) in [4.78, 5) is 26.3. The van der Waals surface area contributed by atoms with Crippen molar-refractivity contribution >= 4 is 16.8 Å². The number of aryl methyl sites for hydroxylation is 1. The normalized spacial score (nSPS) is 17.8. The lowest BCUT2D eigenvalue weighted by Gasteiger charge is -2.10. The fraction of sp³-hybridized carbons (Fsp3) is 0.412. The van der Waals surface area contributed by atoms with Crippen LogP contribution in [-0.4, -0.2) is 30.1 Å². The molecular formula is C17H20N2O3. The number of carbonyl (C=O) groups is 1. The second-order valence-corrected chi connectivity index (χ2v) is 5.75. The molecule has 1 aromatic heterocycles. The molecule has 0 bridgehead atoms. The summed E-state index contributed by atoms with van der Waals surface area (Å²) < 4.78 is 5.35. The molecule has 2 N–H and O–H groups in total. The Morgan fingerprint density at radius 2 is 2.27 bits per heavy atom. The first kappa shape index (κ1) is 14.8. The minimum Gasteiger partial charge on any atom is -0.368 e. The van der Waals surface area contributed by atoms with E-state index in [-0.39, 0.29) is 17.6 Å². The summed E-state index contributed by atoms with van der Waals surface area (Å²) in [5.41, 5.74) is 2.62. The average molecular weight is 300 g/mol. The quantitative estimate of drug-likeness (QED) is 0.902. The highest BCUT2D eigenvalue weighted by molar-refractivity contribution is 5.81. The van der Waals surface area contributed by atoms with E-state index < -0.39 is 0 Å². The van der Waals surface area contributed by atoms with Crippen LogP contribution in [0.15, 0.2) is 29.1 Å². The van der Waals surface area contributed by atoms with E-state index in [0.717, 1.165) is 35.7 Å². The van der Waals surface area contributed by atoms with E-state index in [0.29, 0.717) is 18.7 Å². The predicted octanol–water partition coefficient (Wildman–Crippen LogP) is 1.67. The van der Waals surface area contributed by atoms with Crippen LogP contribution in [0, 0.1) is 6.92 Å². The molecule has 0 aliphatic carbocycles. The van der Waals surface area contributed by atoms with E-state index in [2.05, 4.69) is 16.4 Å². The number of H-pyrrole nitrogens is 1. The number of benzene rings is 1. The summed E-state index contributed by atoms with van der Waals surface area (Å²) in [6.07, 6.45) is 2.26. The van der Waals surface area contributed by atoms with Crippen molar-refractivity contribution in [2.75, 3.05) is 13.2 Å². The van der Waals surface area contributed by atoms with Gasteiger partial charge in [-0.15, -0.1) is 0 Å². The van der Waals surface area contributed by atoms with Gasteiger partial charge in [-0.05, 0) is 55.3 Å². The second kappa shape index (κ2) is 6.32. The van der Waals surface area contributed by atoms with Gasteiger partial charge in [-0.1, -0.05) is 6.07 Å². The summed E-state index contributed by atoms with van der Waals surface area (Å²) in [6.45, 7) is 3.07. The van der Waals surface area contributed by atoms with E-state index in [9.17, 15) is 9.59 Å². The van der Waals surface area contributed by atoms with Crippen LogP contribution >= 0.6 is 0 Å². The van der Waals surface area contributed by atoms with Gasteiger partial charge in [0.2, 0.25) is 5.91 Å². The number of carbonyl (C=O) groups excluding carboxylic acids is 1. The number of rotatable bonds is 4. The standard InChI is InChI=1S/C17H20N2O3/c1-11-9-13-10-12(4-5-14(13)19-16(11)20)6-7-18-17(21)15-3-2-8-22-15/h4-5,9-10,15H,2-3,6-8H2,1H3,(H,18,21)(H,19,20). The first-order chi connectivity index (χ1) is 10.6. The Labute approximate surface area is 128 Å². The van der Waals surface area contributed by atoms with Gasteiger partial charge in [0.05, 0.1) is 0 Å². The molecule has 1 unspecified atom stereocenters. The molecule has 5 heteroatoms. The molecule has 1 aromatic carbocycles. The summed E-state index contributed by atoms with van der Waals surface area (Å²) in [5, 5.41) is 3.93. The minimum absolute atomic E-state index is 0.0153. The lowest BCUT2D eigenvalue weighted by molar-refractivity contribution is -0.129. The van der Waals surface area contributed by atoms with Crippen molar-refractivity contribution in [1.82, 2.24) is 10.3 Å². The molecule has 2 heterocycles. The number of pyridine rings is 1. The molecule has 2 aromatic rings. The first-order valence-corrected chi connectivity index (χ1v) is 7.65. The van der Waals surface area contributed by atoms with Crippen molar-refractivity contribution in [3.05, 3.63) is 45.7 Å². The van der Waals surface area contributed by atoms with Crippen molar-refractivity contribution in [3.8, 4) is 0 Å². The van der Waals surface area contributed by atoms with Gasteiger partial charge in [-0.25, -0.2) is 0 Å². The molecule has 1 amide bonds.